The molecule has 0 atom stereocenters. The van der Waals surface area contributed by atoms with E-state index in [-0.39, 0.29) is 5.17 Å². The molecule has 7 heteroatoms. The van der Waals surface area contributed by atoms with Crippen molar-refractivity contribution in [2.24, 2.45) is 4.99 Å². The van der Waals surface area contributed by atoms with E-state index in [0.717, 1.165) is 6.26 Å². The molecule has 0 amide bonds. The number of sulfone groups is 1. The summed E-state index contributed by atoms with van der Waals surface area (Å²) in [6.07, 6.45) is 4.35. The molecule has 0 saturated carbocycles. The quantitative estimate of drug-likeness (QED) is 0.603. The first kappa shape index (κ1) is 8.24. The van der Waals surface area contributed by atoms with E-state index in [1.54, 1.807) is 17.1 Å². The van der Waals surface area contributed by atoms with Gasteiger partial charge in [0.1, 0.15) is 12.4 Å². The number of aromatic nitrogens is 2. The second-order valence-corrected chi connectivity index (χ2v) is 4.65. The van der Waals surface area contributed by atoms with Gasteiger partial charge in [-0.15, -0.1) is 0 Å². The Labute approximate surface area is 75.2 Å². The lowest BCUT2D eigenvalue weighted by Crippen LogP contribution is -2.33. The summed E-state index contributed by atoms with van der Waals surface area (Å²) in [5.41, 5.74) is 2.63. The SMILES string of the molecule is CS(=O)(=O)C1=NCc2nccn2N1. The molecule has 0 unspecified atom stereocenters. The number of hydrogen-bond donors (Lipinski definition) is 1. The van der Waals surface area contributed by atoms with Crippen LogP contribution in [-0.2, 0) is 16.4 Å². The first-order chi connectivity index (χ1) is 6.07. The van der Waals surface area contributed by atoms with E-state index in [2.05, 4.69) is 15.4 Å². The highest BCUT2D eigenvalue weighted by atomic mass is 32.2. The maximum absolute atomic E-state index is 11.1. The topological polar surface area (TPSA) is 76.3 Å². The summed E-state index contributed by atoms with van der Waals surface area (Å²) >= 11 is 0. The highest BCUT2D eigenvalue weighted by molar-refractivity contribution is 8.06. The Balaban J connectivity index is 2.37. The van der Waals surface area contributed by atoms with E-state index >= 15 is 0 Å². The van der Waals surface area contributed by atoms with Crippen LogP contribution in [0.4, 0.5) is 0 Å². The summed E-state index contributed by atoms with van der Waals surface area (Å²) in [5.74, 6) is 0.701. The van der Waals surface area contributed by atoms with Crippen LogP contribution in [0.5, 0.6) is 0 Å². The molecule has 1 aliphatic heterocycles. The van der Waals surface area contributed by atoms with Crippen molar-refractivity contribution >= 4 is 15.0 Å². The Bertz CT molecular complexity index is 459. The van der Waals surface area contributed by atoms with E-state index in [1.165, 1.54) is 0 Å². The molecule has 1 N–H and O–H groups in total. The number of fused-ring (bicyclic) bond motifs is 1. The predicted octanol–water partition coefficient (Wildman–Crippen LogP) is -0.659. The zero-order valence-electron chi connectivity index (χ0n) is 6.93. The smallest absolute Gasteiger partial charge is 0.235 e. The van der Waals surface area contributed by atoms with E-state index in [9.17, 15) is 8.42 Å². The minimum Gasteiger partial charge on any atom is -0.267 e. The molecule has 6 nitrogen and oxygen atoms in total. The van der Waals surface area contributed by atoms with Crippen LogP contribution >= 0.6 is 0 Å². The van der Waals surface area contributed by atoms with E-state index in [4.69, 9.17) is 0 Å². The van der Waals surface area contributed by atoms with Gasteiger partial charge in [-0.05, 0) is 0 Å². The van der Waals surface area contributed by atoms with Gasteiger partial charge >= 0.3 is 0 Å². The summed E-state index contributed by atoms with van der Waals surface area (Å²) in [4.78, 5) is 7.82. The van der Waals surface area contributed by atoms with Crippen LogP contribution in [-0.4, -0.2) is 29.5 Å². The van der Waals surface area contributed by atoms with E-state index in [0.29, 0.717) is 12.4 Å². The molecule has 2 rings (SSSR count). The van der Waals surface area contributed by atoms with Crippen LogP contribution in [0.3, 0.4) is 0 Å². The molecule has 1 aromatic rings. The lowest BCUT2D eigenvalue weighted by atomic mass is 10.6. The molecule has 2 heterocycles. The molecule has 0 saturated heterocycles. The fourth-order valence-corrected chi connectivity index (χ4v) is 1.60. The van der Waals surface area contributed by atoms with Gasteiger partial charge in [0, 0.05) is 18.6 Å². The third kappa shape index (κ3) is 1.42. The summed E-state index contributed by atoms with van der Waals surface area (Å²) in [6, 6.07) is 0. The van der Waals surface area contributed by atoms with E-state index < -0.39 is 9.84 Å². The average Bonchev–Trinajstić information content (AvgIpc) is 2.47. The third-order valence-corrected chi connectivity index (χ3v) is 2.57. The minimum absolute atomic E-state index is 0.0157. The average molecular weight is 200 g/mol. The van der Waals surface area contributed by atoms with Gasteiger partial charge < -0.3 is 0 Å². The highest BCUT2D eigenvalue weighted by Crippen LogP contribution is 2.04. The molecule has 0 fully saturated rings. The van der Waals surface area contributed by atoms with Crippen molar-refractivity contribution < 1.29 is 8.42 Å². The number of nitrogens with one attached hydrogen (secondary N) is 1. The van der Waals surface area contributed by atoms with Crippen molar-refractivity contribution in [3.05, 3.63) is 18.2 Å². The zero-order valence-corrected chi connectivity index (χ0v) is 7.74. The number of rotatable bonds is 0. The lowest BCUT2D eigenvalue weighted by Gasteiger charge is -2.15. The van der Waals surface area contributed by atoms with Gasteiger partial charge in [-0.25, -0.2) is 23.1 Å². The molecule has 1 aliphatic rings. The molecule has 0 aromatic carbocycles. The molecule has 70 valence electrons. The second kappa shape index (κ2) is 2.56. The molecule has 0 aliphatic carbocycles. The predicted molar refractivity (Wildman–Crippen MR) is 47.6 cm³/mol. The van der Waals surface area contributed by atoms with Crippen LogP contribution in [0.2, 0.25) is 0 Å². The van der Waals surface area contributed by atoms with Crippen molar-refractivity contribution in [2.75, 3.05) is 11.7 Å². The molecular weight excluding hydrogens is 192 g/mol. The molecular formula is C6H8N4O2S. The Hall–Kier alpha value is -1.37. The van der Waals surface area contributed by atoms with Gasteiger partial charge in [-0.1, -0.05) is 0 Å². The fourth-order valence-electron chi connectivity index (χ4n) is 1.03. The van der Waals surface area contributed by atoms with E-state index in [1.807, 2.05) is 0 Å². The molecule has 1 aromatic heterocycles. The normalized spacial score (nSPS) is 15.9. The number of nitrogens with zero attached hydrogens (tertiary/aromatic N) is 3. The molecule has 13 heavy (non-hydrogen) atoms. The van der Waals surface area contributed by atoms with Crippen LogP contribution in [0.25, 0.3) is 0 Å². The van der Waals surface area contributed by atoms with Gasteiger partial charge in [0.25, 0.3) is 0 Å². The second-order valence-electron chi connectivity index (χ2n) is 2.72. The van der Waals surface area contributed by atoms with Gasteiger partial charge in [0.05, 0.1) is 0 Å². The Morgan fingerprint density at radius 2 is 2.38 bits per heavy atom. The monoisotopic (exact) mass is 200 g/mol. The molecule has 0 spiro atoms. The van der Waals surface area contributed by atoms with Crippen molar-refractivity contribution in [1.82, 2.24) is 9.66 Å². The van der Waals surface area contributed by atoms with Crippen molar-refractivity contribution in [1.29, 1.82) is 0 Å². The largest absolute Gasteiger partial charge is 0.267 e. The minimum atomic E-state index is -3.26. The summed E-state index contributed by atoms with van der Waals surface area (Å²) in [5, 5.41) is -0.0157. The summed E-state index contributed by atoms with van der Waals surface area (Å²) in [6.45, 7) is 0.294. The first-order valence-corrected chi connectivity index (χ1v) is 5.50. The Morgan fingerprint density at radius 3 is 3.08 bits per heavy atom. The fraction of sp³-hybridized carbons (Fsp3) is 0.333. The van der Waals surface area contributed by atoms with Gasteiger partial charge in [0.15, 0.2) is 0 Å². The maximum Gasteiger partial charge on any atom is 0.235 e. The van der Waals surface area contributed by atoms with Crippen molar-refractivity contribution in [3.63, 3.8) is 0 Å². The molecule has 0 bridgehead atoms. The Morgan fingerprint density at radius 1 is 1.62 bits per heavy atom. The van der Waals surface area contributed by atoms with Crippen molar-refractivity contribution in [3.8, 4) is 0 Å². The van der Waals surface area contributed by atoms with Crippen LogP contribution in [0.15, 0.2) is 17.4 Å². The Kier molecular flexibility index (Phi) is 1.62. The molecule has 0 radical (unpaired) electrons. The lowest BCUT2D eigenvalue weighted by molar-refractivity contribution is 0.611. The van der Waals surface area contributed by atoms with Crippen molar-refractivity contribution in [2.45, 2.75) is 6.54 Å². The summed E-state index contributed by atoms with van der Waals surface area (Å²) in [7, 11) is -3.26. The van der Waals surface area contributed by atoms with Gasteiger partial charge in [-0.2, -0.15) is 0 Å². The van der Waals surface area contributed by atoms with Gasteiger partial charge in [-0.3, -0.25) is 5.43 Å². The standard InChI is InChI=1S/C6H8N4O2S/c1-13(11,12)6-8-4-5-7-2-3-10(5)9-6/h2-3H,4H2,1H3,(H,8,9). The maximum atomic E-state index is 11.1. The summed E-state index contributed by atoms with van der Waals surface area (Å²) < 4.78 is 23.7. The zero-order chi connectivity index (χ0) is 9.47. The number of amidine groups is 1. The number of hydrogen-bond acceptors (Lipinski definition) is 5. The third-order valence-electron chi connectivity index (χ3n) is 1.65. The number of aliphatic imine (C=N–C) groups is 1. The number of imidazole rings is 1. The first-order valence-electron chi connectivity index (χ1n) is 3.61. The van der Waals surface area contributed by atoms with Crippen LogP contribution in [0, 0.1) is 0 Å². The highest BCUT2D eigenvalue weighted by Gasteiger charge is 2.18. The van der Waals surface area contributed by atoms with Crippen LogP contribution in [0.1, 0.15) is 5.82 Å². The van der Waals surface area contributed by atoms with Crippen LogP contribution < -0.4 is 5.43 Å². The van der Waals surface area contributed by atoms with Gasteiger partial charge in [0.2, 0.25) is 15.0 Å².